The molecule has 2 heterocycles. The summed E-state index contributed by atoms with van der Waals surface area (Å²) in [7, 11) is 0. The molecule has 0 aliphatic carbocycles. The number of hydrogen-bond acceptors (Lipinski definition) is 6. The van der Waals surface area contributed by atoms with Crippen molar-refractivity contribution in [2.45, 2.75) is 25.9 Å². The van der Waals surface area contributed by atoms with E-state index < -0.39 is 23.6 Å². The largest absolute Gasteiger partial charge is 0.462 e. The molecule has 1 aliphatic heterocycles. The van der Waals surface area contributed by atoms with E-state index in [0.29, 0.717) is 23.7 Å². The topological polar surface area (TPSA) is 59.8 Å². The molecule has 10 heteroatoms. The molecular weight excluding hydrogens is 511 g/mol. The van der Waals surface area contributed by atoms with E-state index in [1.165, 1.54) is 18.2 Å². The number of nitrogens with zero attached hydrogens (tertiary/aromatic N) is 1. The zero-order chi connectivity index (χ0) is 25.9. The van der Waals surface area contributed by atoms with Crippen LogP contribution < -0.4 is 4.90 Å². The lowest BCUT2D eigenvalue weighted by Crippen LogP contribution is -2.27. The number of benzene rings is 2. The van der Waals surface area contributed by atoms with Crippen LogP contribution in [0.5, 0.6) is 0 Å². The maximum absolute atomic E-state index is 13.1. The first-order valence-corrected chi connectivity index (χ1v) is 12.2. The number of unbranched alkanes of at least 4 members (excludes halogenated alkanes) is 1. The van der Waals surface area contributed by atoms with Gasteiger partial charge in [0.15, 0.2) is 4.32 Å². The van der Waals surface area contributed by atoms with Gasteiger partial charge in [-0.05, 0) is 48.9 Å². The smallest absolute Gasteiger partial charge is 0.416 e. The van der Waals surface area contributed by atoms with Crippen molar-refractivity contribution in [2.75, 3.05) is 11.5 Å². The lowest BCUT2D eigenvalue weighted by atomic mass is 10.1. The standard InChI is InChI=1S/C26H20F3NO4S2/c1-2-3-13-33-24(32)17-9-7-16(8-10-17)21-12-11-20(34-21)15-22-23(31)30(25(35)36-22)19-6-4-5-18(14-19)26(27,28)29/h4-12,14-15H,2-3,13H2,1H3/b22-15+. The van der Waals surface area contributed by atoms with Crippen LogP contribution in [0.15, 0.2) is 70.0 Å². The van der Waals surface area contributed by atoms with E-state index in [9.17, 15) is 22.8 Å². The molecule has 1 fully saturated rings. The summed E-state index contributed by atoms with van der Waals surface area (Å²) < 4.78 is 50.4. The van der Waals surface area contributed by atoms with E-state index in [-0.39, 0.29) is 14.9 Å². The molecule has 5 nitrogen and oxygen atoms in total. The molecule has 1 aromatic heterocycles. The SMILES string of the molecule is CCCCOC(=O)c1ccc(-c2ccc(/C=C3/SC(=S)N(c4cccc(C(F)(F)F)c4)C3=O)o2)cc1. The maximum atomic E-state index is 13.1. The molecule has 1 aliphatic rings. The number of ether oxygens (including phenoxy) is 1. The number of alkyl halides is 3. The fourth-order valence-electron chi connectivity index (χ4n) is 3.39. The summed E-state index contributed by atoms with van der Waals surface area (Å²) in [6.07, 6.45) is -1.31. The predicted molar refractivity (Wildman–Crippen MR) is 136 cm³/mol. The second-order valence-electron chi connectivity index (χ2n) is 7.83. The first kappa shape index (κ1) is 25.7. The highest BCUT2D eigenvalue weighted by Gasteiger charge is 2.36. The van der Waals surface area contributed by atoms with Crippen LogP contribution in [-0.2, 0) is 15.7 Å². The fourth-order valence-corrected chi connectivity index (χ4v) is 4.67. The second kappa shape index (κ2) is 10.7. The Morgan fingerprint density at radius 2 is 1.89 bits per heavy atom. The second-order valence-corrected chi connectivity index (χ2v) is 9.51. The van der Waals surface area contributed by atoms with Crippen molar-refractivity contribution in [1.82, 2.24) is 0 Å². The van der Waals surface area contributed by atoms with Crippen LogP contribution in [0.2, 0.25) is 0 Å². The number of thiocarbonyl (C=S) groups is 1. The van der Waals surface area contributed by atoms with Crippen molar-refractivity contribution in [2.24, 2.45) is 0 Å². The molecular formula is C26H20F3NO4S2. The van der Waals surface area contributed by atoms with Crippen molar-refractivity contribution in [1.29, 1.82) is 0 Å². The Bertz CT molecular complexity index is 1330. The molecule has 0 radical (unpaired) electrons. The van der Waals surface area contributed by atoms with Crippen molar-refractivity contribution >= 4 is 51.9 Å². The van der Waals surface area contributed by atoms with Crippen LogP contribution in [0.1, 0.15) is 41.4 Å². The van der Waals surface area contributed by atoms with Crippen molar-refractivity contribution in [3.05, 3.63) is 82.5 Å². The Morgan fingerprint density at radius 1 is 1.14 bits per heavy atom. The first-order chi connectivity index (χ1) is 17.2. The van der Waals surface area contributed by atoms with Gasteiger partial charge in [0.05, 0.1) is 28.3 Å². The van der Waals surface area contributed by atoms with E-state index in [2.05, 4.69) is 0 Å². The highest BCUT2D eigenvalue weighted by atomic mass is 32.2. The number of furan rings is 1. The molecule has 1 amide bonds. The Hall–Kier alpha value is -3.37. The van der Waals surface area contributed by atoms with E-state index in [1.54, 1.807) is 36.4 Å². The highest BCUT2D eigenvalue weighted by molar-refractivity contribution is 8.27. The van der Waals surface area contributed by atoms with Gasteiger partial charge < -0.3 is 9.15 Å². The fraction of sp³-hybridized carbons (Fsp3) is 0.192. The van der Waals surface area contributed by atoms with Gasteiger partial charge in [-0.1, -0.05) is 55.5 Å². The van der Waals surface area contributed by atoms with Crippen LogP contribution >= 0.6 is 24.0 Å². The monoisotopic (exact) mass is 531 g/mol. The van der Waals surface area contributed by atoms with Gasteiger partial charge in [-0.15, -0.1) is 0 Å². The molecule has 186 valence electrons. The van der Waals surface area contributed by atoms with Gasteiger partial charge in [-0.25, -0.2) is 4.79 Å². The lowest BCUT2D eigenvalue weighted by Gasteiger charge is -2.16. The summed E-state index contributed by atoms with van der Waals surface area (Å²) in [5, 5.41) is 0. The number of carbonyl (C=O) groups is 2. The maximum Gasteiger partial charge on any atom is 0.416 e. The molecule has 0 atom stereocenters. The molecule has 2 aromatic carbocycles. The Morgan fingerprint density at radius 3 is 2.58 bits per heavy atom. The zero-order valence-corrected chi connectivity index (χ0v) is 20.6. The van der Waals surface area contributed by atoms with Gasteiger partial charge in [0, 0.05) is 11.6 Å². The van der Waals surface area contributed by atoms with Crippen LogP contribution in [0.4, 0.5) is 18.9 Å². The number of esters is 1. The summed E-state index contributed by atoms with van der Waals surface area (Å²) >= 11 is 6.23. The molecule has 36 heavy (non-hydrogen) atoms. The third-order valence-electron chi connectivity index (χ3n) is 5.26. The van der Waals surface area contributed by atoms with E-state index >= 15 is 0 Å². The quantitative estimate of drug-likeness (QED) is 0.138. The number of thioether (sulfide) groups is 1. The average molecular weight is 532 g/mol. The third kappa shape index (κ3) is 5.71. The summed E-state index contributed by atoms with van der Waals surface area (Å²) in [6, 6.07) is 14.6. The molecule has 0 bridgehead atoms. The Kier molecular flexibility index (Phi) is 7.65. The number of anilines is 1. The number of carbonyl (C=O) groups excluding carboxylic acids is 2. The van der Waals surface area contributed by atoms with Gasteiger partial charge in [-0.3, -0.25) is 9.69 Å². The van der Waals surface area contributed by atoms with Crippen LogP contribution in [0, 0.1) is 0 Å². The minimum absolute atomic E-state index is 0.0455. The average Bonchev–Trinajstić information content (AvgIpc) is 3.43. The number of rotatable bonds is 7. The van der Waals surface area contributed by atoms with Gasteiger partial charge in [0.2, 0.25) is 0 Å². The van der Waals surface area contributed by atoms with Crippen molar-refractivity contribution in [3.63, 3.8) is 0 Å². The van der Waals surface area contributed by atoms with E-state index in [0.717, 1.165) is 47.2 Å². The summed E-state index contributed by atoms with van der Waals surface area (Å²) in [4.78, 5) is 26.3. The zero-order valence-electron chi connectivity index (χ0n) is 19.0. The van der Waals surface area contributed by atoms with Gasteiger partial charge in [-0.2, -0.15) is 13.2 Å². The predicted octanol–water partition coefficient (Wildman–Crippen LogP) is 7.33. The summed E-state index contributed by atoms with van der Waals surface area (Å²) in [5.41, 5.74) is 0.328. The molecule has 0 spiro atoms. The Balaban J connectivity index is 1.49. The first-order valence-electron chi connectivity index (χ1n) is 11.0. The number of amides is 1. The lowest BCUT2D eigenvalue weighted by molar-refractivity contribution is -0.137. The summed E-state index contributed by atoms with van der Waals surface area (Å²) in [5.74, 6) is -0.0377. The van der Waals surface area contributed by atoms with E-state index in [1.807, 2.05) is 6.92 Å². The summed E-state index contributed by atoms with van der Waals surface area (Å²) in [6.45, 7) is 2.39. The van der Waals surface area contributed by atoms with Crippen LogP contribution in [0.3, 0.4) is 0 Å². The van der Waals surface area contributed by atoms with Gasteiger partial charge in [0.1, 0.15) is 11.5 Å². The minimum atomic E-state index is -4.54. The minimum Gasteiger partial charge on any atom is -0.462 e. The normalized spacial score (nSPS) is 15.1. The highest BCUT2D eigenvalue weighted by Crippen LogP contribution is 2.38. The molecule has 3 aromatic rings. The molecule has 1 saturated heterocycles. The van der Waals surface area contributed by atoms with Crippen LogP contribution in [0.25, 0.3) is 17.4 Å². The molecule has 0 N–H and O–H groups in total. The third-order valence-corrected chi connectivity index (χ3v) is 6.56. The van der Waals surface area contributed by atoms with Crippen molar-refractivity contribution in [3.8, 4) is 11.3 Å². The van der Waals surface area contributed by atoms with Crippen molar-refractivity contribution < 1.29 is 31.9 Å². The van der Waals surface area contributed by atoms with Gasteiger partial charge in [0.25, 0.3) is 5.91 Å². The van der Waals surface area contributed by atoms with Crippen LogP contribution in [-0.4, -0.2) is 22.8 Å². The molecule has 0 unspecified atom stereocenters. The van der Waals surface area contributed by atoms with E-state index in [4.69, 9.17) is 21.4 Å². The number of hydrogen-bond donors (Lipinski definition) is 0. The Labute approximate surface area is 214 Å². The van der Waals surface area contributed by atoms with Gasteiger partial charge >= 0.3 is 12.1 Å². The molecule has 4 rings (SSSR count). The molecule has 0 saturated carbocycles. The number of halogens is 3.